The van der Waals surface area contributed by atoms with Gasteiger partial charge < -0.3 is 0 Å². The zero-order chi connectivity index (χ0) is 19.8. The van der Waals surface area contributed by atoms with Crippen molar-refractivity contribution >= 4 is 11.6 Å². The molecule has 1 aromatic rings. The van der Waals surface area contributed by atoms with Crippen LogP contribution in [0, 0.1) is 11.8 Å². The Morgan fingerprint density at radius 2 is 1.61 bits per heavy atom. The molecule has 4 nitrogen and oxygen atoms in total. The van der Waals surface area contributed by atoms with Crippen LogP contribution in [-0.2, 0) is 16.1 Å². The molecule has 1 saturated heterocycles. The maximum Gasteiger partial charge on any atom is 0.151 e. The zero-order valence-electron chi connectivity index (χ0n) is 17.4. The number of Topliss-reactive ketones (excluding diaryl/α,β-unsaturated/α-hetero) is 2. The second kappa shape index (κ2) is 10.9. The van der Waals surface area contributed by atoms with Crippen molar-refractivity contribution in [1.82, 2.24) is 9.80 Å². The number of benzene rings is 1. The van der Waals surface area contributed by atoms with Crippen molar-refractivity contribution in [3.05, 3.63) is 35.9 Å². The van der Waals surface area contributed by atoms with Gasteiger partial charge >= 0.3 is 0 Å². The highest BCUT2D eigenvalue weighted by Crippen LogP contribution is 2.28. The van der Waals surface area contributed by atoms with Crippen LogP contribution in [0.3, 0.4) is 0 Å². The van der Waals surface area contributed by atoms with E-state index in [0.29, 0.717) is 18.7 Å². The Bertz CT molecular complexity index is 631. The molecule has 2 fully saturated rings. The highest BCUT2D eigenvalue weighted by molar-refractivity contribution is 5.91. The van der Waals surface area contributed by atoms with E-state index in [-0.39, 0.29) is 17.6 Å². The Hall–Kier alpha value is -1.52. The van der Waals surface area contributed by atoms with Crippen LogP contribution in [0.2, 0.25) is 0 Å². The third kappa shape index (κ3) is 6.25. The van der Waals surface area contributed by atoms with Gasteiger partial charge in [-0.2, -0.15) is 0 Å². The molecule has 0 spiro atoms. The van der Waals surface area contributed by atoms with Crippen LogP contribution in [-0.4, -0.2) is 54.6 Å². The minimum Gasteiger partial charge on any atom is -0.299 e. The van der Waals surface area contributed by atoms with Crippen LogP contribution < -0.4 is 0 Å². The van der Waals surface area contributed by atoms with E-state index in [9.17, 15) is 9.59 Å². The molecule has 0 bridgehead atoms. The van der Waals surface area contributed by atoms with Crippen molar-refractivity contribution in [3.8, 4) is 0 Å². The van der Waals surface area contributed by atoms with Crippen LogP contribution >= 0.6 is 0 Å². The summed E-state index contributed by atoms with van der Waals surface area (Å²) in [6.07, 6.45) is 8.24. The lowest BCUT2D eigenvalue weighted by Gasteiger charge is -2.30. The van der Waals surface area contributed by atoms with Crippen molar-refractivity contribution in [1.29, 1.82) is 0 Å². The normalized spacial score (nSPS) is 27.2. The Labute approximate surface area is 170 Å². The molecule has 1 aromatic carbocycles. The monoisotopic (exact) mass is 384 g/mol. The fourth-order valence-corrected chi connectivity index (χ4v) is 4.80. The van der Waals surface area contributed by atoms with Gasteiger partial charge in [0.2, 0.25) is 0 Å². The van der Waals surface area contributed by atoms with E-state index in [2.05, 4.69) is 34.1 Å². The molecule has 4 heteroatoms. The van der Waals surface area contributed by atoms with Crippen molar-refractivity contribution in [3.63, 3.8) is 0 Å². The van der Waals surface area contributed by atoms with Crippen LogP contribution in [0.25, 0.3) is 0 Å². The number of ketones is 2. The quantitative estimate of drug-likeness (QED) is 0.791. The number of likely N-dealkylation sites (N-methyl/N-ethyl adjacent to an activating group) is 1. The second-order valence-corrected chi connectivity index (χ2v) is 8.76. The summed E-state index contributed by atoms with van der Waals surface area (Å²) >= 11 is 0. The fourth-order valence-electron chi connectivity index (χ4n) is 4.80. The zero-order valence-corrected chi connectivity index (χ0v) is 17.4. The number of rotatable bonds is 3. The molecule has 1 aliphatic heterocycles. The summed E-state index contributed by atoms with van der Waals surface area (Å²) in [5.41, 5.74) is 1.28. The van der Waals surface area contributed by atoms with Gasteiger partial charge in [-0.3, -0.25) is 19.4 Å². The van der Waals surface area contributed by atoms with Gasteiger partial charge in [-0.05, 0) is 45.0 Å². The van der Waals surface area contributed by atoms with E-state index in [4.69, 9.17) is 0 Å². The first-order valence-electron chi connectivity index (χ1n) is 11.1. The van der Waals surface area contributed by atoms with Gasteiger partial charge in [-0.25, -0.2) is 0 Å². The number of nitrogens with zero attached hydrogens (tertiary/aromatic N) is 2. The Morgan fingerprint density at radius 3 is 2.43 bits per heavy atom. The number of hydrogen-bond acceptors (Lipinski definition) is 4. The van der Waals surface area contributed by atoms with Crippen molar-refractivity contribution < 1.29 is 9.59 Å². The van der Waals surface area contributed by atoms with E-state index >= 15 is 0 Å². The first kappa shape index (κ1) is 21.2. The number of carbonyl (C=O) groups is 2. The Balaban J connectivity index is 1.80. The highest BCUT2D eigenvalue weighted by Gasteiger charge is 2.35. The summed E-state index contributed by atoms with van der Waals surface area (Å²) in [5.74, 6) is 0.354. The highest BCUT2D eigenvalue weighted by atomic mass is 16.1. The summed E-state index contributed by atoms with van der Waals surface area (Å²) in [6, 6.07) is 10.5. The topological polar surface area (TPSA) is 40.6 Å². The van der Waals surface area contributed by atoms with E-state index in [1.807, 2.05) is 13.1 Å². The summed E-state index contributed by atoms with van der Waals surface area (Å²) in [6.45, 7) is 3.97. The number of hydrogen-bond donors (Lipinski definition) is 0. The molecule has 2 aliphatic rings. The molecule has 1 aliphatic carbocycles. The van der Waals surface area contributed by atoms with E-state index in [1.165, 1.54) is 18.4 Å². The summed E-state index contributed by atoms with van der Waals surface area (Å²) in [4.78, 5) is 30.8. The average Bonchev–Trinajstić information content (AvgIpc) is 2.82. The molecule has 0 N–H and O–H groups in total. The SMILES string of the molecule is CN1CCCN(Cc2ccccc2)CC(C2CCCCCCCC2=O)C(=O)C1. The predicted molar refractivity (Wildman–Crippen MR) is 113 cm³/mol. The van der Waals surface area contributed by atoms with Gasteiger partial charge in [0.15, 0.2) is 5.78 Å². The molecule has 1 saturated carbocycles. The molecule has 0 amide bonds. The average molecular weight is 385 g/mol. The molecule has 0 aromatic heterocycles. The third-order valence-corrected chi connectivity index (χ3v) is 6.39. The molecule has 154 valence electrons. The molecule has 2 unspecified atom stereocenters. The lowest BCUT2D eigenvalue weighted by molar-refractivity contribution is -0.133. The van der Waals surface area contributed by atoms with E-state index in [0.717, 1.165) is 58.3 Å². The molecule has 1 heterocycles. The summed E-state index contributed by atoms with van der Waals surface area (Å²) in [7, 11) is 2.03. The largest absolute Gasteiger partial charge is 0.299 e. The Kier molecular flexibility index (Phi) is 8.23. The minimum absolute atomic E-state index is 0.0876. The standard InChI is InChI=1S/C24H36N2O2/c1-25-15-10-16-26(17-20-11-6-5-7-12-20)18-22(24(28)19-25)21-13-8-3-2-4-9-14-23(21)27/h5-7,11-12,21-22H,2-4,8-10,13-19H2,1H3. The first-order chi connectivity index (χ1) is 13.6. The third-order valence-electron chi connectivity index (χ3n) is 6.39. The van der Waals surface area contributed by atoms with Gasteiger partial charge in [0.1, 0.15) is 5.78 Å². The maximum atomic E-state index is 13.2. The van der Waals surface area contributed by atoms with Crippen molar-refractivity contribution in [2.45, 2.75) is 57.9 Å². The lowest BCUT2D eigenvalue weighted by Crippen LogP contribution is -2.41. The molecule has 3 rings (SSSR count). The predicted octanol–water partition coefficient (Wildman–Crippen LogP) is 3.94. The van der Waals surface area contributed by atoms with Crippen LogP contribution in [0.15, 0.2) is 30.3 Å². The van der Waals surface area contributed by atoms with E-state index in [1.54, 1.807) is 0 Å². The summed E-state index contributed by atoms with van der Waals surface area (Å²) in [5, 5.41) is 0. The van der Waals surface area contributed by atoms with Gasteiger partial charge in [0.25, 0.3) is 0 Å². The van der Waals surface area contributed by atoms with Gasteiger partial charge in [0, 0.05) is 31.3 Å². The number of carbonyl (C=O) groups excluding carboxylic acids is 2. The maximum absolute atomic E-state index is 13.2. The van der Waals surface area contributed by atoms with Gasteiger partial charge in [-0.15, -0.1) is 0 Å². The first-order valence-corrected chi connectivity index (χ1v) is 11.1. The van der Waals surface area contributed by atoms with Gasteiger partial charge in [0.05, 0.1) is 6.54 Å². The molecule has 0 radical (unpaired) electrons. The minimum atomic E-state index is -0.158. The molecule has 28 heavy (non-hydrogen) atoms. The fraction of sp³-hybridized carbons (Fsp3) is 0.667. The van der Waals surface area contributed by atoms with E-state index < -0.39 is 0 Å². The van der Waals surface area contributed by atoms with Gasteiger partial charge in [-0.1, -0.05) is 56.0 Å². The molecule has 2 atom stereocenters. The van der Waals surface area contributed by atoms with Crippen LogP contribution in [0.5, 0.6) is 0 Å². The van der Waals surface area contributed by atoms with Crippen LogP contribution in [0.1, 0.15) is 56.9 Å². The van der Waals surface area contributed by atoms with Crippen LogP contribution in [0.4, 0.5) is 0 Å². The smallest absolute Gasteiger partial charge is 0.151 e. The van der Waals surface area contributed by atoms with Crippen molar-refractivity contribution in [2.75, 3.05) is 33.2 Å². The molecular weight excluding hydrogens is 348 g/mol. The second-order valence-electron chi connectivity index (χ2n) is 8.76. The van der Waals surface area contributed by atoms with Crippen molar-refractivity contribution in [2.24, 2.45) is 11.8 Å². The Morgan fingerprint density at radius 1 is 0.857 bits per heavy atom. The molecular formula is C24H36N2O2. The lowest BCUT2D eigenvalue weighted by atomic mass is 9.80. The summed E-state index contributed by atoms with van der Waals surface area (Å²) < 4.78 is 0.